The SMILES string of the molecule is C=CC(=O)OCCOc1ccc(C(CC(C)(C)C)C(C)(C)C)cc1. The molecule has 24 heavy (non-hydrogen) atoms. The Morgan fingerprint density at radius 3 is 2.12 bits per heavy atom. The van der Waals surface area contributed by atoms with Crippen molar-refractivity contribution in [2.24, 2.45) is 10.8 Å². The van der Waals surface area contributed by atoms with Crippen LogP contribution in [0.4, 0.5) is 0 Å². The van der Waals surface area contributed by atoms with Gasteiger partial charge >= 0.3 is 5.97 Å². The molecule has 1 unspecified atom stereocenters. The van der Waals surface area contributed by atoms with E-state index in [1.54, 1.807) is 0 Å². The third-order valence-corrected chi connectivity index (χ3v) is 3.91. The van der Waals surface area contributed by atoms with E-state index in [9.17, 15) is 4.79 Å². The fourth-order valence-electron chi connectivity index (χ4n) is 2.69. The Kier molecular flexibility index (Phi) is 7.07. The summed E-state index contributed by atoms with van der Waals surface area (Å²) in [5, 5.41) is 0. The summed E-state index contributed by atoms with van der Waals surface area (Å²) >= 11 is 0. The van der Waals surface area contributed by atoms with Crippen molar-refractivity contribution in [1.82, 2.24) is 0 Å². The van der Waals surface area contributed by atoms with Gasteiger partial charge in [0.05, 0.1) is 0 Å². The van der Waals surface area contributed by atoms with E-state index in [0.29, 0.717) is 12.5 Å². The molecule has 0 aliphatic rings. The van der Waals surface area contributed by atoms with E-state index in [2.05, 4.69) is 60.3 Å². The van der Waals surface area contributed by atoms with Crippen LogP contribution in [0, 0.1) is 10.8 Å². The van der Waals surface area contributed by atoms with Gasteiger partial charge in [-0.1, -0.05) is 60.3 Å². The van der Waals surface area contributed by atoms with Gasteiger partial charge in [0.25, 0.3) is 0 Å². The zero-order valence-corrected chi connectivity index (χ0v) is 16.0. The number of hydrogen-bond acceptors (Lipinski definition) is 3. The second kappa shape index (κ2) is 8.36. The van der Waals surface area contributed by atoms with E-state index in [1.165, 1.54) is 5.56 Å². The number of carbonyl (C=O) groups is 1. The summed E-state index contributed by atoms with van der Waals surface area (Å²) in [6, 6.07) is 8.28. The Labute approximate surface area is 147 Å². The van der Waals surface area contributed by atoms with Crippen LogP contribution in [0.25, 0.3) is 0 Å². The third kappa shape index (κ3) is 7.20. The first kappa shape index (κ1) is 20.3. The van der Waals surface area contributed by atoms with Crippen LogP contribution in [0.5, 0.6) is 5.75 Å². The molecule has 0 heterocycles. The molecule has 1 aromatic carbocycles. The molecule has 0 saturated carbocycles. The van der Waals surface area contributed by atoms with E-state index in [4.69, 9.17) is 9.47 Å². The summed E-state index contributed by atoms with van der Waals surface area (Å²) in [4.78, 5) is 11.0. The fraction of sp³-hybridized carbons (Fsp3) is 0.571. The molecule has 0 saturated heterocycles. The molecule has 0 amide bonds. The molecule has 0 radical (unpaired) electrons. The topological polar surface area (TPSA) is 35.5 Å². The molecule has 0 aliphatic heterocycles. The number of carbonyl (C=O) groups excluding carboxylic acids is 1. The molecule has 0 bridgehead atoms. The van der Waals surface area contributed by atoms with E-state index < -0.39 is 5.97 Å². The molecule has 0 spiro atoms. The number of hydrogen-bond donors (Lipinski definition) is 0. The van der Waals surface area contributed by atoms with Crippen LogP contribution in [0.15, 0.2) is 36.9 Å². The highest BCUT2D eigenvalue weighted by atomic mass is 16.6. The van der Waals surface area contributed by atoms with Crippen LogP contribution in [-0.2, 0) is 9.53 Å². The van der Waals surface area contributed by atoms with Crippen molar-refractivity contribution in [2.75, 3.05) is 13.2 Å². The van der Waals surface area contributed by atoms with E-state index in [-0.39, 0.29) is 17.4 Å². The fourth-order valence-corrected chi connectivity index (χ4v) is 2.69. The Morgan fingerprint density at radius 1 is 1.08 bits per heavy atom. The molecule has 134 valence electrons. The smallest absolute Gasteiger partial charge is 0.330 e. The standard InChI is InChI=1S/C21H32O3/c1-8-19(22)24-14-13-23-17-11-9-16(10-12-17)18(21(5,6)7)15-20(2,3)4/h8-12,18H,1,13-15H2,2-7H3. The van der Waals surface area contributed by atoms with Crippen molar-refractivity contribution < 1.29 is 14.3 Å². The number of esters is 1. The highest BCUT2D eigenvalue weighted by Gasteiger charge is 2.30. The Hall–Kier alpha value is -1.77. The van der Waals surface area contributed by atoms with E-state index >= 15 is 0 Å². The second-order valence-corrected chi connectivity index (χ2v) is 8.47. The van der Waals surface area contributed by atoms with Gasteiger partial charge in [0.2, 0.25) is 0 Å². The average molecular weight is 332 g/mol. The summed E-state index contributed by atoms with van der Waals surface area (Å²) in [5.41, 5.74) is 1.82. The van der Waals surface area contributed by atoms with Crippen molar-refractivity contribution in [3.05, 3.63) is 42.5 Å². The second-order valence-electron chi connectivity index (χ2n) is 8.47. The van der Waals surface area contributed by atoms with Gasteiger partial charge in [-0.25, -0.2) is 4.79 Å². The highest BCUT2D eigenvalue weighted by molar-refractivity contribution is 5.81. The predicted molar refractivity (Wildman–Crippen MR) is 99.4 cm³/mol. The van der Waals surface area contributed by atoms with Gasteiger partial charge < -0.3 is 9.47 Å². The minimum Gasteiger partial charge on any atom is -0.490 e. The first-order chi connectivity index (χ1) is 11.0. The average Bonchev–Trinajstić information content (AvgIpc) is 2.48. The third-order valence-electron chi connectivity index (χ3n) is 3.91. The van der Waals surface area contributed by atoms with Gasteiger partial charge in [-0.05, 0) is 40.9 Å². The maximum Gasteiger partial charge on any atom is 0.330 e. The van der Waals surface area contributed by atoms with Crippen molar-refractivity contribution in [3.63, 3.8) is 0 Å². The lowest BCUT2D eigenvalue weighted by Gasteiger charge is -2.36. The van der Waals surface area contributed by atoms with Crippen LogP contribution in [0.2, 0.25) is 0 Å². The molecule has 0 fully saturated rings. The van der Waals surface area contributed by atoms with Crippen LogP contribution in [0.3, 0.4) is 0 Å². The largest absolute Gasteiger partial charge is 0.490 e. The summed E-state index contributed by atoms with van der Waals surface area (Å²) in [5.74, 6) is 0.848. The molecule has 0 aromatic heterocycles. The van der Waals surface area contributed by atoms with Gasteiger partial charge in [-0.3, -0.25) is 0 Å². The zero-order chi connectivity index (χ0) is 18.4. The van der Waals surface area contributed by atoms with Crippen molar-refractivity contribution in [3.8, 4) is 5.75 Å². The Bertz CT molecular complexity index is 530. The first-order valence-electron chi connectivity index (χ1n) is 8.55. The van der Waals surface area contributed by atoms with Gasteiger partial charge in [0.15, 0.2) is 0 Å². The van der Waals surface area contributed by atoms with Crippen LogP contribution in [-0.4, -0.2) is 19.2 Å². The van der Waals surface area contributed by atoms with Crippen molar-refractivity contribution in [2.45, 2.75) is 53.9 Å². The van der Waals surface area contributed by atoms with Crippen LogP contribution < -0.4 is 4.74 Å². The quantitative estimate of drug-likeness (QED) is 0.383. The van der Waals surface area contributed by atoms with E-state index in [0.717, 1.165) is 18.2 Å². The van der Waals surface area contributed by atoms with Crippen LogP contribution in [0.1, 0.15) is 59.4 Å². The lowest BCUT2D eigenvalue weighted by atomic mass is 9.69. The number of rotatable bonds is 7. The summed E-state index contributed by atoms with van der Waals surface area (Å²) in [6.07, 6.45) is 2.28. The maximum atomic E-state index is 11.0. The van der Waals surface area contributed by atoms with Crippen molar-refractivity contribution >= 4 is 5.97 Å². The van der Waals surface area contributed by atoms with Crippen LogP contribution >= 0.6 is 0 Å². The van der Waals surface area contributed by atoms with Crippen molar-refractivity contribution in [1.29, 1.82) is 0 Å². The number of ether oxygens (including phenoxy) is 2. The molecule has 0 aliphatic carbocycles. The van der Waals surface area contributed by atoms with Gasteiger partial charge in [-0.2, -0.15) is 0 Å². The lowest BCUT2D eigenvalue weighted by Crippen LogP contribution is -2.23. The Balaban J connectivity index is 2.70. The molecular weight excluding hydrogens is 300 g/mol. The monoisotopic (exact) mass is 332 g/mol. The number of benzene rings is 1. The van der Waals surface area contributed by atoms with Gasteiger partial charge in [0.1, 0.15) is 19.0 Å². The molecule has 1 aromatic rings. The maximum absolute atomic E-state index is 11.0. The molecule has 1 rings (SSSR count). The molecule has 1 atom stereocenters. The minimum absolute atomic E-state index is 0.203. The summed E-state index contributed by atoms with van der Waals surface area (Å²) in [7, 11) is 0. The normalized spacial score (nSPS) is 13.2. The first-order valence-corrected chi connectivity index (χ1v) is 8.55. The van der Waals surface area contributed by atoms with Gasteiger partial charge in [-0.15, -0.1) is 0 Å². The Morgan fingerprint density at radius 2 is 1.67 bits per heavy atom. The molecule has 3 nitrogen and oxygen atoms in total. The lowest BCUT2D eigenvalue weighted by molar-refractivity contribution is -0.138. The predicted octanol–water partition coefficient (Wildman–Crippen LogP) is 5.36. The zero-order valence-electron chi connectivity index (χ0n) is 16.0. The minimum atomic E-state index is -0.427. The molecule has 3 heteroatoms. The summed E-state index contributed by atoms with van der Waals surface area (Å²) in [6.45, 7) is 17.7. The van der Waals surface area contributed by atoms with Gasteiger partial charge in [0, 0.05) is 6.08 Å². The molecule has 0 N–H and O–H groups in total. The summed E-state index contributed by atoms with van der Waals surface area (Å²) < 4.78 is 10.5. The molecular formula is C21H32O3. The van der Waals surface area contributed by atoms with E-state index in [1.807, 2.05) is 12.1 Å². The highest BCUT2D eigenvalue weighted by Crippen LogP contribution is 2.43.